The van der Waals surface area contributed by atoms with E-state index in [1.54, 1.807) is 0 Å². The molecule has 0 amide bonds. The summed E-state index contributed by atoms with van der Waals surface area (Å²) in [5.74, 6) is 0. The van der Waals surface area contributed by atoms with Crippen LogP contribution in [0.2, 0.25) is 0 Å². The lowest BCUT2D eigenvalue weighted by Crippen LogP contribution is -2.35. The van der Waals surface area contributed by atoms with Crippen LogP contribution < -0.4 is 0 Å². The van der Waals surface area contributed by atoms with Crippen molar-refractivity contribution in [1.82, 2.24) is 4.90 Å². The van der Waals surface area contributed by atoms with Crippen molar-refractivity contribution in [3.8, 4) is 6.07 Å². The Kier molecular flexibility index (Phi) is 6.79. The van der Waals surface area contributed by atoms with Gasteiger partial charge in [-0.05, 0) is 25.9 Å². The van der Waals surface area contributed by atoms with Crippen LogP contribution in [0.1, 0.15) is 40.0 Å². The Labute approximate surface area is 76.2 Å². The normalized spacial score (nSPS) is 12.9. The van der Waals surface area contributed by atoms with Crippen molar-refractivity contribution in [2.75, 3.05) is 13.1 Å². The third-order valence-electron chi connectivity index (χ3n) is 2.23. The minimum Gasteiger partial charge on any atom is -0.300 e. The average molecular weight is 168 g/mol. The van der Waals surface area contributed by atoms with E-state index in [1.807, 2.05) is 0 Å². The Hall–Kier alpha value is -0.550. The second-order valence-corrected chi connectivity index (χ2v) is 3.05. The molecule has 0 aliphatic rings. The van der Waals surface area contributed by atoms with Crippen LogP contribution in [0.3, 0.4) is 0 Å². The molecule has 70 valence electrons. The highest BCUT2D eigenvalue weighted by Gasteiger charge is 2.12. The fourth-order valence-corrected chi connectivity index (χ4v) is 1.52. The molecule has 0 saturated carbocycles. The van der Waals surface area contributed by atoms with Crippen molar-refractivity contribution >= 4 is 0 Å². The summed E-state index contributed by atoms with van der Waals surface area (Å²) in [6.07, 6.45) is 2.93. The molecule has 12 heavy (non-hydrogen) atoms. The predicted octanol–water partition coefficient (Wildman–Crippen LogP) is 2.41. The first kappa shape index (κ1) is 11.4. The molecule has 0 aromatic rings. The lowest BCUT2D eigenvalue weighted by atomic mass is 10.1. The van der Waals surface area contributed by atoms with Crippen LogP contribution in [0.15, 0.2) is 0 Å². The van der Waals surface area contributed by atoms with Crippen LogP contribution >= 0.6 is 0 Å². The van der Waals surface area contributed by atoms with Gasteiger partial charge in [0.05, 0.1) is 12.5 Å². The van der Waals surface area contributed by atoms with Gasteiger partial charge in [0, 0.05) is 6.04 Å². The van der Waals surface area contributed by atoms with E-state index in [2.05, 4.69) is 31.7 Å². The van der Waals surface area contributed by atoms with Crippen molar-refractivity contribution in [2.24, 2.45) is 0 Å². The largest absolute Gasteiger partial charge is 0.300 e. The minimum atomic E-state index is 0.472. The molecule has 0 N–H and O–H groups in total. The summed E-state index contributed by atoms with van der Waals surface area (Å²) in [6, 6.07) is 2.72. The summed E-state index contributed by atoms with van der Waals surface area (Å²) in [5.41, 5.74) is 0. The third kappa shape index (κ3) is 3.73. The van der Waals surface area contributed by atoms with Crippen LogP contribution in [0.4, 0.5) is 0 Å². The maximum absolute atomic E-state index is 8.60. The quantitative estimate of drug-likeness (QED) is 0.609. The molecular formula is C10H20N2. The van der Waals surface area contributed by atoms with Crippen molar-refractivity contribution < 1.29 is 0 Å². The second kappa shape index (κ2) is 7.12. The van der Waals surface area contributed by atoms with Gasteiger partial charge in [-0.2, -0.15) is 5.26 Å². The summed E-state index contributed by atoms with van der Waals surface area (Å²) < 4.78 is 0. The van der Waals surface area contributed by atoms with Gasteiger partial charge in [0.2, 0.25) is 0 Å². The highest BCUT2D eigenvalue weighted by atomic mass is 15.1. The molecule has 0 rings (SSSR count). The van der Waals surface area contributed by atoms with Crippen LogP contribution in [0.5, 0.6) is 0 Å². The molecule has 0 aliphatic carbocycles. The first-order valence-corrected chi connectivity index (χ1v) is 4.91. The number of nitriles is 1. The number of rotatable bonds is 6. The number of hydrogen-bond donors (Lipinski definition) is 0. The molecule has 0 aliphatic heterocycles. The van der Waals surface area contributed by atoms with Gasteiger partial charge >= 0.3 is 0 Å². The second-order valence-electron chi connectivity index (χ2n) is 3.05. The molecule has 0 aromatic heterocycles. The first-order chi connectivity index (χ1) is 5.79. The maximum Gasteiger partial charge on any atom is 0.0638 e. The lowest BCUT2D eigenvalue weighted by molar-refractivity contribution is 0.203. The Morgan fingerprint density at radius 3 is 2.33 bits per heavy atom. The molecule has 0 radical (unpaired) electrons. The van der Waals surface area contributed by atoms with Gasteiger partial charge in [0.25, 0.3) is 0 Å². The summed E-state index contributed by atoms with van der Waals surface area (Å²) in [4.78, 5) is 2.39. The third-order valence-corrected chi connectivity index (χ3v) is 2.23. The van der Waals surface area contributed by atoms with Gasteiger partial charge in [-0.15, -0.1) is 0 Å². The van der Waals surface area contributed by atoms with Crippen LogP contribution in [-0.4, -0.2) is 24.0 Å². The van der Waals surface area contributed by atoms with Crippen molar-refractivity contribution in [3.05, 3.63) is 0 Å². The molecule has 0 saturated heterocycles. The number of nitrogens with zero attached hydrogens (tertiary/aromatic N) is 2. The van der Waals surface area contributed by atoms with Gasteiger partial charge < -0.3 is 0 Å². The smallest absolute Gasteiger partial charge is 0.0638 e. The van der Waals surface area contributed by atoms with Crippen molar-refractivity contribution in [3.63, 3.8) is 0 Å². The average Bonchev–Trinajstić information content (AvgIpc) is 2.11. The van der Waals surface area contributed by atoms with E-state index in [-0.39, 0.29) is 0 Å². The van der Waals surface area contributed by atoms with Crippen molar-refractivity contribution in [1.29, 1.82) is 5.26 Å². The molecule has 2 nitrogen and oxygen atoms in total. The predicted molar refractivity (Wildman–Crippen MR) is 51.8 cm³/mol. The fraction of sp³-hybridized carbons (Fsp3) is 0.900. The standard InChI is InChI=1S/C10H20N2/c1-4-9-12(6-3)10(5-2)7-8-11/h10H,4-7,9H2,1-3H3. The Morgan fingerprint density at radius 1 is 1.33 bits per heavy atom. The monoisotopic (exact) mass is 168 g/mol. The van der Waals surface area contributed by atoms with E-state index in [9.17, 15) is 0 Å². The summed E-state index contributed by atoms with van der Waals surface area (Å²) >= 11 is 0. The minimum absolute atomic E-state index is 0.472. The Morgan fingerprint density at radius 2 is 2.00 bits per heavy atom. The molecule has 0 heterocycles. The van der Waals surface area contributed by atoms with E-state index >= 15 is 0 Å². The molecule has 0 bridgehead atoms. The Bertz CT molecular complexity index is 137. The molecule has 1 atom stereocenters. The molecule has 0 aromatic carbocycles. The SMILES string of the molecule is CCCN(CC)C(CC)CC#N. The topological polar surface area (TPSA) is 27.0 Å². The van der Waals surface area contributed by atoms with Gasteiger partial charge in [-0.25, -0.2) is 0 Å². The van der Waals surface area contributed by atoms with E-state index in [0.29, 0.717) is 12.5 Å². The summed E-state index contributed by atoms with van der Waals surface area (Å²) in [6.45, 7) is 8.68. The zero-order valence-corrected chi connectivity index (χ0v) is 8.51. The highest BCUT2D eigenvalue weighted by molar-refractivity contribution is 4.81. The molecular weight excluding hydrogens is 148 g/mol. The molecule has 1 unspecified atom stereocenters. The fourth-order valence-electron chi connectivity index (χ4n) is 1.52. The van der Waals surface area contributed by atoms with E-state index in [0.717, 1.165) is 19.5 Å². The van der Waals surface area contributed by atoms with Crippen molar-refractivity contribution in [2.45, 2.75) is 46.1 Å². The van der Waals surface area contributed by atoms with Crippen LogP contribution in [0.25, 0.3) is 0 Å². The molecule has 0 fully saturated rings. The van der Waals surface area contributed by atoms with Gasteiger partial charge in [-0.1, -0.05) is 20.8 Å². The highest BCUT2D eigenvalue weighted by Crippen LogP contribution is 2.08. The maximum atomic E-state index is 8.60. The van der Waals surface area contributed by atoms with E-state index in [4.69, 9.17) is 5.26 Å². The van der Waals surface area contributed by atoms with Crippen LogP contribution in [0, 0.1) is 11.3 Å². The lowest BCUT2D eigenvalue weighted by Gasteiger charge is -2.27. The zero-order valence-electron chi connectivity index (χ0n) is 8.51. The summed E-state index contributed by atoms with van der Waals surface area (Å²) in [5, 5.41) is 8.60. The van der Waals surface area contributed by atoms with E-state index < -0.39 is 0 Å². The van der Waals surface area contributed by atoms with E-state index in [1.165, 1.54) is 6.42 Å². The number of hydrogen-bond acceptors (Lipinski definition) is 2. The first-order valence-electron chi connectivity index (χ1n) is 4.91. The van der Waals surface area contributed by atoms with Crippen LogP contribution in [-0.2, 0) is 0 Å². The Balaban J connectivity index is 3.95. The van der Waals surface area contributed by atoms with Gasteiger partial charge in [0.15, 0.2) is 0 Å². The van der Waals surface area contributed by atoms with Gasteiger partial charge in [-0.3, -0.25) is 4.90 Å². The molecule has 0 spiro atoms. The zero-order chi connectivity index (χ0) is 9.40. The molecule has 2 heteroatoms. The van der Waals surface area contributed by atoms with Gasteiger partial charge in [0.1, 0.15) is 0 Å². The summed E-state index contributed by atoms with van der Waals surface area (Å²) in [7, 11) is 0.